The van der Waals surface area contributed by atoms with Crippen molar-refractivity contribution in [2.24, 2.45) is 0 Å². The van der Waals surface area contributed by atoms with Crippen LogP contribution in [-0.2, 0) is 16.0 Å². The number of rotatable bonds is 8. The monoisotopic (exact) mass is 452 g/mol. The first-order chi connectivity index (χ1) is 16.6. The number of hydrogen-bond acceptors (Lipinski definition) is 6. The van der Waals surface area contributed by atoms with Crippen LogP contribution in [0.25, 0.3) is 11.3 Å². The van der Waals surface area contributed by atoms with Crippen molar-refractivity contribution in [1.82, 2.24) is 9.97 Å². The van der Waals surface area contributed by atoms with E-state index in [2.05, 4.69) is 20.6 Å². The van der Waals surface area contributed by atoms with Gasteiger partial charge in [0, 0.05) is 29.3 Å². The van der Waals surface area contributed by atoms with Crippen molar-refractivity contribution < 1.29 is 14.3 Å². The minimum absolute atomic E-state index is 0.172. The summed E-state index contributed by atoms with van der Waals surface area (Å²) in [6.45, 7) is 0. The highest BCUT2D eigenvalue weighted by atomic mass is 16.5. The zero-order valence-electron chi connectivity index (χ0n) is 18.6. The Hall–Kier alpha value is -4.52. The predicted molar refractivity (Wildman–Crippen MR) is 131 cm³/mol. The molecule has 1 heterocycles. The van der Waals surface area contributed by atoms with Gasteiger partial charge < -0.3 is 15.4 Å². The van der Waals surface area contributed by atoms with Crippen molar-refractivity contribution >= 4 is 23.4 Å². The van der Waals surface area contributed by atoms with Gasteiger partial charge in [0.05, 0.1) is 12.8 Å². The molecule has 2 N–H and O–H groups in total. The Morgan fingerprint density at radius 3 is 2.24 bits per heavy atom. The molecule has 7 nitrogen and oxygen atoms in total. The summed E-state index contributed by atoms with van der Waals surface area (Å²) in [5.74, 6) is -0.0329. The summed E-state index contributed by atoms with van der Waals surface area (Å²) < 4.78 is 4.97. The number of carbonyl (C=O) groups is 2. The molecule has 0 aliphatic heterocycles. The Bertz CT molecular complexity index is 1250. The van der Waals surface area contributed by atoms with Crippen LogP contribution in [0.5, 0.6) is 0 Å². The largest absolute Gasteiger partial charge is 0.467 e. The molecular formula is C27H24N4O3. The maximum atomic E-state index is 12.3. The van der Waals surface area contributed by atoms with E-state index in [0.717, 1.165) is 11.1 Å². The van der Waals surface area contributed by atoms with Crippen molar-refractivity contribution in [1.29, 1.82) is 0 Å². The number of benzene rings is 3. The molecule has 0 radical (unpaired) electrons. The van der Waals surface area contributed by atoms with E-state index in [9.17, 15) is 9.59 Å². The van der Waals surface area contributed by atoms with Gasteiger partial charge in [0.15, 0.2) is 0 Å². The highest BCUT2D eigenvalue weighted by Crippen LogP contribution is 2.22. The van der Waals surface area contributed by atoms with Gasteiger partial charge in [-0.3, -0.25) is 4.79 Å². The summed E-state index contributed by atoms with van der Waals surface area (Å²) in [6, 6.07) is 27.3. The first-order valence-electron chi connectivity index (χ1n) is 10.8. The van der Waals surface area contributed by atoms with Crippen LogP contribution in [0.2, 0.25) is 0 Å². The third kappa shape index (κ3) is 5.83. The number of amides is 1. The number of hydrogen-bond donors (Lipinski definition) is 2. The summed E-state index contributed by atoms with van der Waals surface area (Å²) >= 11 is 0. The van der Waals surface area contributed by atoms with Gasteiger partial charge in [-0.25, -0.2) is 14.8 Å². The van der Waals surface area contributed by atoms with Gasteiger partial charge >= 0.3 is 5.97 Å². The summed E-state index contributed by atoms with van der Waals surface area (Å²) in [5, 5.41) is 6.04. The first kappa shape index (κ1) is 22.7. The molecule has 1 aromatic heterocycles. The summed E-state index contributed by atoms with van der Waals surface area (Å²) in [7, 11) is 1.37. The molecule has 4 rings (SSSR count). The van der Waals surface area contributed by atoms with Crippen molar-refractivity contribution in [2.75, 3.05) is 17.7 Å². The van der Waals surface area contributed by atoms with Gasteiger partial charge in [-0.1, -0.05) is 60.7 Å². The molecule has 0 aliphatic carbocycles. The second-order valence-corrected chi connectivity index (χ2v) is 7.60. The molecule has 170 valence electrons. The fraction of sp³-hybridized carbons (Fsp3) is 0.111. The number of anilines is 2. The SMILES string of the molecule is COC(=O)[C@H](Cc1ccccc1)Nc1cc(-c2ccc(NC(=O)c3ccccc3)cc2)ncn1. The third-order valence-corrected chi connectivity index (χ3v) is 5.23. The second kappa shape index (κ2) is 10.9. The standard InChI is InChI=1S/C27H24N4O3/c1-34-27(33)24(16-19-8-4-2-5-9-19)31-25-17-23(28-18-29-25)20-12-14-22(15-13-20)30-26(32)21-10-6-3-7-11-21/h2-15,17-18,24H,16H2,1H3,(H,30,32)(H,28,29,31)/t24-/m0/s1. The molecule has 0 unspecified atom stereocenters. The lowest BCUT2D eigenvalue weighted by Crippen LogP contribution is -2.33. The zero-order valence-corrected chi connectivity index (χ0v) is 18.6. The maximum Gasteiger partial charge on any atom is 0.328 e. The topological polar surface area (TPSA) is 93.2 Å². The van der Waals surface area contributed by atoms with Crippen molar-refractivity contribution in [2.45, 2.75) is 12.5 Å². The van der Waals surface area contributed by atoms with Crippen LogP contribution >= 0.6 is 0 Å². The van der Waals surface area contributed by atoms with Gasteiger partial charge in [-0.15, -0.1) is 0 Å². The van der Waals surface area contributed by atoms with Crippen LogP contribution < -0.4 is 10.6 Å². The van der Waals surface area contributed by atoms with E-state index in [0.29, 0.717) is 29.2 Å². The smallest absolute Gasteiger partial charge is 0.328 e. The molecule has 0 aliphatic rings. The Morgan fingerprint density at radius 2 is 1.56 bits per heavy atom. The fourth-order valence-corrected chi connectivity index (χ4v) is 3.48. The van der Waals surface area contributed by atoms with Crippen LogP contribution in [0, 0.1) is 0 Å². The lowest BCUT2D eigenvalue weighted by molar-refractivity contribution is -0.141. The van der Waals surface area contributed by atoms with E-state index < -0.39 is 6.04 Å². The fourth-order valence-electron chi connectivity index (χ4n) is 3.48. The quantitative estimate of drug-likeness (QED) is 0.380. The van der Waals surface area contributed by atoms with Gasteiger partial charge in [0.25, 0.3) is 5.91 Å². The number of aromatic nitrogens is 2. The Balaban J connectivity index is 1.47. The highest BCUT2D eigenvalue weighted by molar-refractivity contribution is 6.04. The molecular weight excluding hydrogens is 428 g/mol. The Kier molecular flexibility index (Phi) is 7.25. The molecule has 4 aromatic rings. The molecule has 1 atom stereocenters. The lowest BCUT2D eigenvalue weighted by Gasteiger charge is -2.17. The van der Waals surface area contributed by atoms with E-state index in [4.69, 9.17) is 4.74 Å². The molecule has 0 bridgehead atoms. The summed E-state index contributed by atoms with van der Waals surface area (Å²) in [4.78, 5) is 33.3. The van der Waals surface area contributed by atoms with E-state index in [-0.39, 0.29) is 11.9 Å². The number of carbonyl (C=O) groups excluding carboxylic acids is 2. The lowest BCUT2D eigenvalue weighted by atomic mass is 10.1. The maximum absolute atomic E-state index is 12.3. The number of nitrogens with zero attached hydrogens (tertiary/aromatic N) is 2. The molecule has 0 fully saturated rings. The van der Waals surface area contributed by atoms with Crippen molar-refractivity contribution in [3.8, 4) is 11.3 Å². The number of esters is 1. The van der Waals surface area contributed by atoms with Crippen LogP contribution in [-0.4, -0.2) is 35.0 Å². The average molecular weight is 453 g/mol. The number of nitrogens with one attached hydrogen (secondary N) is 2. The Morgan fingerprint density at radius 1 is 0.882 bits per heavy atom. The molecule has 0 spiro atoms. The number of methoxy groups -OCH3 is 1. The normalized spacial score (nSPS) is 11.3. The van der Waals surface area contributed by atoms with E-state index in [1.165, 1.54) is 13.4 Å². The molecule has 0 saturated carbocycles. The van der Waals surface area contributed by atoms with Gasteiger partial charge in [-0.05, 0) is 29.8 Å². The van der Waals surface area contributed by atoms with Crippen molar-refractivity contribution in [3.05, 3.63) is 108 Å². The van der Waals surface area contributed by atoms with Crippen LogP contribution in [0.4, 0.5) is 11.5 Å². The molecule has 0 saturated heterocycles. The van der Waals surface area contributed by atoms with Crippen molar-refractivity contribution in [3.63, 3.8) is 0 Å². The summed E-state index contributed by atoms with van der Waals surface area (Å²) in [6.07, 6.45) is 1.91. The predicted octanol–water partition coefficient (Wildman–Crippen LogP) is 4.59. The van der Waals surface area contributed by atoms with Crippen LogP contribution in [0.1, 0.15) is 15.9 Å². The van der Waals surface area contributed by atoms with Gasteiger partial charge in [0.2, 0.25) is 0 Å². The number of ether oxygens (including phenoxy) is 1. The van der Waals surface area contributed by atoms with Gasteiger partial charge in [-0.2, -0.15) is 0 Å². The molecule has 1 amide bonds. The minimum Gasteiger partial charge on any atom is -0.467 e. The summed E-state index contributed by atoms with van der Waals surface area (Å²) in [5.41, 5.74) is 3.81. The minimum atomic E-state index is -0.592. The Labute approximate surface area is 197 Å². The molecule has 7 heteroatoms. The van der Waals surface area contributed by atoms with Gasteiger partial charge in [0.1, 0.15) is 18.2 Å². The van der Waals surface area contributed by atoms with E-state index in [1.807, 2.05) is 72.8 Å². The van der Waals surface area contributed by atoms with Crippen LogP contribution in [0.3, 0.4) is 0 Å². The van der Waals surface area contributed by atoms with Crippen LogP contribution in [0.15, 0.2) is 97.3 Å². The average Bonchev–Trinajstić information content (AvgIpc) is 2.89. The molecule has 34 heavy (non-hydrogen) atoms. The second-order valence-electron chi connectivity index (χ2n) is 7.60. The first-order valence-corrected chi connectivity index (χ1v) is 10.8. The third-order valence-electron chi connectivity index (χ3n) is 5.23. The highest BCUT2D eigenvalue weighted by Gasteiger charge is 2.20. The van der Waals surface area contributed by atoms with E-state index >= 15 is 0 Å². The zero-order chi connectivity index (χ0) is 23.8. The molecule has 3 aromatic carbocycles. The van der Waals surface area contributed by atoms with E-state index in [1.54, 1.807) is 18.2 Å².